The molecular weight excluding hydrogens is 264 g/mol. The zero-order chi connectivity index (χ0) is 10.1. The van der Waals surface area contributed by atoms with Gasteiger partial charge in [-0.05, 0) is 35.3 Å². The maximum Gasteiger partial charge on any atom is 0.169 e. The van der Waals surface area contributed by atoms with Gasteiger partial charge >= 0.3 is 0 Å². The molecule has 1 atom stereocenters. The lowest BCUT2D eigenvalue weighted by molar-refractivity contribution is 0.102. The smallest absolute Gasteiger partial charge is 0.169 e. The van der Waals surface area contributed by atoms with Gasteiger partial charge < -0.3 is 4.74 Å². The molecule has 0 bridgehead atoms. The van der Waals surface area contributed by atoms with E-state index >= 15 is 0 Å². The molecule has 0 spiro atoms. The molecule has 2 heterocycles. The van der Waals surface area contributed by atoms with Crippen molar-refractivity contribution in [1.29, 1.82) is 0 Å². The van der Waals surface area contributed by atoms with Crippen LogP contribution in [0.25, 0.3) is 0 Å². The molecule has 1 aliphatic rings. The van der Waals surface area contributed by atoms with Gasteiger partial charge in [0.2, 0.25) is 0 Å². The summed E-state index contributed by atoms with van der Waals surface area (Å²) in [7, 11) is 0. The highest BCUT2D eigenvalue weighted by molar-refractivity contribution is 9.10. The van der Waals surface area contributed by atoms with Crippen molar-refractivity contribution in [1.82, 2.24) is 0 Å². The summed E-state index contributed by atoms with van der Waals surface area (Å²) in [4.78, 5) is 13.3. The third-order valence-electron chi connectivity index (χ3n) is 2.36. The molecule has 0 N–H and O–H groups in total. The van der Waals surface area contributed by atoms with Crippen LogP contribution >= 0.6 is 27.3 Å². The van der Waals surface area contributed by atoms with Crippen LogP contribution in [0.4, 0.5) is 0 Å². The molecule has 1 aromatic heterocycles. The fourth-order valence-electron chi connectivity index (χ4n) is 1.58. The SMILES string of the molecule is CC(=O)c1cc(Br)c(C2CCOC2)s1. The first-order valence-corrected chi connectivity index (χ1v) is 6.17. The third kappa shape index (κ3) is 1.92. The fourth-order valence-corrected chi connectivity index (χ4v) is 3.59. The van der Waals surface area contributed by atoms with Crippen LogP contribution in [0, 0.1) is 0 Å². The van der Waals surface area contributed by atoms with Gasteiger partial charge in [-0.15, -0.1) is 11.3 Å². The molecule has 14 heavy (non-hydrogen) atoms. The molecule has 76 valence electrons. The van der Waals surface area contributed by atoms with Gasteiger partial charge in [0.1, 0.15) is 0 Å². The van der Waals surface area contributed by atoms with Crippen LogP contribution in [-0.4, -0.2) is 19.0 Å². The summed E-state index contributed by atoms with van der Waals surface area (Å²) >= 11 is 5.09. The number of thiophene rings is 1. The first kappa shape index (κ1) is 10.3. The molecule has 0 aliphatic carbocycles. The Labute approximate surface area is 95.4 Å². The fraction of sp³-hybridized carbons (Fsp3) is 0.500. The Balaban J connectivity index is 2.28. The number of Topliss-reactive ketones (excluding diaryl/α,β-unsaturated/α-hetero) is 1. The molecule has 1 saturated heterocycles. The molecular formula is C10H11BrO2S. The van der Waals surface area contributed by atoms with Gasteiger partial charge in [0.15, 0.2) is 5.78 Å². The van der Waals surface area contributed by atoms with Crippen molar-refractivity contribution in [2.24, 2.45) is 0 Å². The van der Waals surface area contributed by atoms with Crippen LogP contribution in [0.1, 0.15) is 33.8 Å². The van der Waals surface area contributed by atoms with E-state index < -0.39 is 0 Å². The third-order valence-corrected chi connectivity index (χ3v) is 4.68. The van der Waals surface area contributed by atoms with Crippen molar-refractivity contribution in [2.45, 2.75) is 19.3 Å². The van der Waals surface area contributed by atoms with Gasteiger partial charge in [-0.2, -0.15) is 0 Å². The van der Waals surface area contributed by atoms with Crippen LogP contribution in [0.2, 0.25) is 0 Å². The van der Waals surface area contributed by atoms with E-state index in [9.17, 15) is 4.79 Å². The first-order chi connectivity index (χ1) is 6.68. The lowest BCUT2D eigenvalue weighted by Crippen LogP contribution is -1.94. The molecule has 2 nitrogen and oxygen atoms in total. The van der Waals surface area contributed by atoms with Crippen molar-refractivity contribution in [3.63, 3.8) is 0 Å². The van der Waals surface area contributed by atoms with E-state index in [-0.39, 0.29) is 5.78 Å². The van der Waals surface area contributed by atoms with Crippen molar-refractivity contribution >= 4 is 33.0 Å². The van der Waals surface area contributed by atoms with Crippen LogP contribution in [0.3, 0.4) is 0 Å². The quantitative estimate of drug-likeness (QED) is 0.775. The van der Waals surface area contributed by atoms with Crippen molar-refractivity contribution in [3.8, 4) is 0 Å². The second-order valence-electron chi connectivity index (χ2n) is 3.44. The van der Waals surface area contributed by atoms with E-state index in [0.29, 0.717) is 5.92 Å². The Kier molecular flexibility index (Phi) is 3.04. The summed E-state index contributed by atoms with van der Waals surface area (Å²) in [5.74, 6) is 0.614. The standard InChI is InChI=1S/C10H11BrO2S/c1-6(12)9-4-8(11)10(14-9)7-2-3-13-5-7/h4,7H,2-3,5H2,1H3. The zero-order valence-electron chi connectivity index (χ0n) is 7.88. The topological polar surface area (TPSA) is 26.3 Å². The maximum atomic E-state index is 11.2. The van der Waals surface area contributed by atoms with Gasteiger partial charge in [-0.25, -0.2) is 0 Å². The lowest BCUT2D eigenvalue weighted by Gasteiger charge is -2.03. The van der Waals surface area contributed by atoms with E-state index in [1.807, 2.05) is 6.07 Å². The molecule has 1 fully saturated rings. The van der Waals surface area contributed by atoms with Gasteiger partial charge in [-0.1, -0.05) is 0 Å². The Morgan fingerprint density at radius 2 is 2.50 bits per heavy atom. The Bertz CT molecular complexity index is 353. The minimum absolute atomic E-state index is 0.140. The van der Waals surface area contributed by atoms with Gasteiger partial charge in [0.25, 0.3) is 0 Å². The van der Waals surface area contributed by atoms with Crippen LogP contribution < -0.4 is 0 Å². The molecule has 1 unspecified atom stereocenters. The van der Waals surface area contributed by atoms with E-state index in [2.05, 4.69) is 15.9 Å². The van der Waals surface area contributed by atoms with Gasteiger partial charge in [-0.3, -0.25) is 4.79 Å². The average molecular weight is 275 g/mol. The summed E-state index contributed by atoms with van der Waals surface area (Å²) in [6, 6.07) is 1.92. The predicted molar refractivity (Wildman–Crippen MR) is 60.2 cm³/mol. The van der Waals surface area contributed by atoms with Crippen molar-refractivity contribution in [3.05, 3.63) is 20.3 Å². The van der Waals surface area contributed by atoms with Crippen LogP contribution in [0.5, 0.6) is 0 Å². The summed E-state index contributed by atoms with van der Waals surface area (Å²) in [6.45, 7) is 3.23. The van der Waals surface area contributed by atoms with Crippen molar-refractivity contribution in [2.75, 3.05) is 13.2 Å². The molecule has 0 amide bonds. The second kappa shape index (κ2) is 4.13. The number of rotatable bonds is 2. The average Bonchev–Trinajstić information content (AvgIpc) is 2.71. The van der Waals surface area contributed by atoms with E-state index in [1.165, 1.54) is 4.88 Å². The Morgan fingerprint density at radius 3 is 3.00 bits per heavy atom. The van der Waals surface area contributed by atoms with Crippen LogP contribution in [0.15, 0.2) is 10.5 Å². The Morgan fingerprint density at radius 1 is 1.71 bits per heavy atom. The van der Waals surface area contributed by atoms with Crippen molar-refractivity contribution < 1.29 is 9.53 Å². The van der Waals surface area contributed by atoms with E-state index in [0.717, 1.165) is 29.0 Å². The minimum atomic E-state index is 0.140. The molecule has 0 radical (unpaired) electrons. The molecule has 2 rings (SSSR count). The highest BCUT2D eigenvalue weighted by Gasteiger charge is 2.23. The minimum Gasteiger partial charge on any atom is -0.381 e. The van der Waals surface area contributed by atoms with Crippen LogP contribution in [-0.2, 0) is 4.74 Å². The van der Waals surface area contributed by atoms with E-state index in [4.69, 9.17) is 4.74 Å². The molecule has 4 heteroatoms. The second-order valence-corrected chi connectivity index (χ2v) is 5.38. The van der Waals surface area contributed by atoms with E-state index in [1.54, 1.807) is 18.3 Å². The first-order valence-electron chi connectivity index (χ1n) is 4.56. The molecule has 0 aromatic carbocycles. The largest absolute Gasteiger partial charge is 0.381 e. The normalized spacial score (nSPS) is 21.4. The maximum absolute atomic E-state index is 11.2. The number of hydrogen-bond acceptors (Lipinski definition) is 3. The number of ketones is 1. The Hall–Kier alpha value is -0.190. The van der Waals surface area contributed by atoms with Gasteiger partial charge in [0, 0.05) is 21.9 Å². The molecule has 0 saturated carbocycles. The summed E-state index contributed by atoms with van der Waals surface area (Å²) < 4.78 is 6.40. The monoisotopic (exact) mass is 274 g/mol. The summed E-state index contributed by atoms with van der Waals surface area (Å²) in [5, 5.41) is 0. The summed E-state index contributed by atoms with van der Waals surface area (Å²) in [5.41, 5.74) is 0. The predicted octanol–water partition coefficient (Wildman–Crippen LogP) is 3.22. The highest BCUT2D eigenvalue weighted by atomic mass is 79.9. The molecule has 1 aromatic rings. The summed E-state index contributed by atoms with van der Waals surface area (Å²) in [6.07, 6.45) is 1.07. The zero-order valence-corrected chi connectivity index (χ0v) is 10.3. The number of carbonyl (C=O) groups excluding carboxylic acids is 1. The number of halogens is 1. The highest BCUT2D eigenvalue weighted by Crippen LogP contribution is 2.37. The lowest BCUT2D eigenvalue weighted by atomic mass is 10.1. The number of ether oxygens (including phenoxy) is 1. The number of carbonyl (C=O) groups is 1. The van der Waals surface area contributed by atoms with Gasteiger partial charge in [0.05, 0.1) is 11.5 Å². The molecule has 1 aliphatic heterocycles. The number of hydrogen-bond donors (Lipinski definition) is 0.